The van der Waals surface area contributed by atoms with E-state index in [0.717, 1.165) is 5.76 Å². The van der Waals surface area contributed by atoms with Crippen LogP contribution in [0.3, 0.4) is 0 Å². The molecule has 0 radical (unpaired) electrons. The maximum atomic E-state index is 5.23. The van der Waals surface area contributed by atoms with Gasteiger partial charge in [0.25, 0.3) is 0 Å². The number of hydrogen-bond donors (Lipinski definition) is 1. The van der Waals surface area contributed by atoms with Gasteiger partial charge in [-0.3, -0.25) is 0 Å². The highest BCUT2D eigenvalue weighted by Crippen LogP contribution is 1.91. The van der Waals surface area contributed by atoms with Gasteiger partial charge < -0.3 is 10.5 Å². The van der Waals surface area contributed by atoms with Crippen molar-refractivity contribution in [3.05, 3.63) is 24.7 Å². The number of hydrogen-bond acceptors (Lipinski definition) is 2. The second kappa shape index (κ2) is 4.40. The molecule has 0 atom stereocenters. The minimum Gasteiger partial charge on any atom is -0.469 e. The summed E-state index contributed by atoms with van der Waals surface area (Å²) < 4.78 is 4.84. The summed E-state index contributed by atoms with van der Waals surface area (Å²) in [6.07, 6.45) is 3.17. The number of rotatable bonds is 3. The number of ether oxygens (including phenoxy) is 1. The zero-order valence-electron chi connectivity index (χ0n) is 5.05. The van der Waals surface area contributed by atoms with Crippen molar-refractivity contribution in [1.29, 1.82) is 0 Å². The van der Waals surface area contributed by atoms with Crippen LogP contribution in [0.2, 0.25) is 0 Å². The molecule has 0 unspecified atom stereocenters. The Hall–Kier alpha value is -0.760. The van der Waals surface area contributed by atoms with Crippen LogP contribution >= 0.6 is 0 Å². The molecule has 8 heavy (non-hydrogen) atoms. The summed E-state index contributed by atoms with van der Waals surface area (Å²) in [6.45, 7) is 5.68. The Morgan fingerprint density at radius 1 is 1.88 bits per heavy atom. The zero-order valence-corrected chi connectivity index (χ0v) is 5.05. The van der Waals surface area contributed by atoms with E-state index in [4.69, 9.17) is 10.5 Å². The van der Waals surface area contributed by atoms with E-state index in [9.17, 15) is 0 Å². The van der Waals surface area contributed by atoms with Crippen LogP contribution in [-0.4, -0.2) is 6.54 Å². The van der Waals surface area contributed by atoms with E-state index < -0.39 is 0 Å². The first kappa shape index (κ1) is 7.24. The Bertz CT molecular complexity index is 96.7. The highest BCUT2D eigenvalue weighted by molar-refractivity contribution is 4.92. The molecule has 0 aliphatic carbocycles. The van der Waals surface area contributed by atoms with Gasteiger partial charge in [-0.25, -0.2) is 0 Å². The molecular weight excluding hydrogens is 102 g/mol. The van der Waals surface area contributed by atoms with E-state index >= 15 is 0 Å². The summed E-state index contributed by atoms with van der Waals surface area (Å²) >= 11 is 0. The smallest absolute Gasteiger partial charge is 0.112 e. The van der Waals surface area contributed by atoms with Gasteiger partial charge in [0, 0.05) is 0 Å². The van der Waals surface area contributed by atoms with Crippen LogP contribution in [-0.2, 0) is 4.74 Å². The first-order valence-corrected chi connectivity index (χ1v) is 2.48. The third-order valence-electron chi connectivity index (χ3n) is 0.758. The van der Waals surface area contributed by atoms with Gasteiger partial charge >= 0.3 is 0 Å². The highest BCUT2D eigenvalue weighted by atomic mass is 16.5. The first-order valence-electron chi connectivity index (χ1n) is 2.48. The molecule has 46 valence electrons. The average Bonchev–Trinajstić information content (AvgIpc) is 1.83. The lowest BCUT2D eigenvalue weighted by molar-refractivity contribution is 0.346. The normalized spacial score (nSPS) is 11.0. The van der Waals surface area contributed by atoms with E-state index in [-0.39, 0.29) is 0 Å². The van der Waals surface area contributed by atoms with Gasteiger partial charge in [-0.05, 0) is 13.0 Å². The minimum absolute atomic E-state index is 0.433. The second-order valence-corrected chi connectivity index (χ2v) is 1.24. The average molecular weight is 113 g/mol. The maximum absolute atomic E-state index is 5.23. The molecular formula is C6H11NO. The lowest BCUT2D eigenvalue weighted by Gasteiger charge is -1.98. The SMILES string of the molecule is C=CO/C(=C\C)CN. The quantitative estimate of drug-likeness (QED) is 0.554. The summed E-state index contributed by atoms with van der Waals surface area (Å²) in [4.78, 5) is 0. The van der Waals surface area contributed by atoms with Gasteiger partial charge in [-0.1, -0.05) is 6.58 Å². The molecule has 0 saturated carbocycles. The predicted molar refractivity (Wildman–Crippen MR) is 34.1 cm³/mol. The summed E-state index contributed by atoms with van der Waals surface area (Å²) in [7, 11) is 0. The Balaban J connectivity index is 3.53. The maximum Gasteiger partial charge on any atom is 0.112 e. The predicted octanol–water partition coefficient (Wildman–Crippen LogP) is 1.01. The van der Waals surface area contributed by atoms with Gasteiger partial charge in [-0.15, -0.1) is 0 Å². The lowest BCUT2D eigenvalue weighted by Crippen LogP contribution is -2.03. The highest BCUT2D eigenvalue weighted by Gasteiger charge is 1.85. The molecule has 0 saturated heterocycles. The van der Waals surface area contributed by atoms with E-state index in [1.165, 1.54) is 6.26 Å². The number of allylic oxidation sites excluding steroid dienone is 1. The van der Waals surface area contributed by atoms with Gasteiger partial charge in [0.15, 0.2) is 0 Å². The Labute approximate surface area is 49.6 Å². The van der Waals surface area contributed by atoms with Crippen molar-refractivity contribution in [2.75, 3.05) is 6.54 Å². The van der Waals surface area contributed by atoms with Crippen LogP contribution in [0.1, 0.15) is 6.92 Å². The molecule has 0 aromatic carbocycles. The first-order chi connectivity index (χ1) is 3.85. The van der Waals surface area contributed by atoms with Crippen molar-refractivity contribution in [3.63, 3.8) is 0 Å². The van der Waals surface area contributed by atoms with Crippen molar-refractivity contribution in [1.82, 2.24) is 0 Å². The Kier molecular flexibility index (Phi) is 3.98. The minimum atomic E-state index is 0.433. The standard InChI is InChI=1S/C6H11NO/c1-3-6(5-7)8-4-2/h3-4H,2,5,7H2,1H3/b6-3-. The lowest BCUT2D eigenvalue weighted by atomic mass is 10.5. The van der Waals surface area contributed by atoms with Gasteiger partial charge in [0.1, 0.15) is 5.76 Å². The molecule has 0 bridgehead atoms. The van der Waals surface area contributed by atoms with Gasteiger partial charge in [0.2, 0.25) is 0 Å². The van der Waals surface area contributed by atoms with Gasteiger partial charge in [0.05, 0.1) is 12.8 Å². The third-order valence-corrected chi connectivity index (χ3v) is 0.758. The fourth-order valence-corrected chi connectivity index (χ4v) is 0.341. The van der Waals surface area contributed by atoms with Crippen molar-refractivity contribution in [3.8, 4) is 0 Å². The van der Waals surface area contributed by atoms with Crippen LogP contribution in [0.15, 0.2) is 24.7 Å². The largest absolute Gasteiger partial charge is 0.469 e. The molecule has 0 aliphatic rings. The van der Waals surface area contributed by atoms with Crippen LogP contribution in [0.4, 0.5) is 0 Å². The van der Waals surface area contributed by atoms with E-state index in [1.54, 1.807) is 0 Å². The van der Waals surface area contributed by atoms with Crippen molar-refractivity contribution in [2.45, 2.75) is 6.92 Å². The fraction of sp³-hybridized carbons (Fsp3) is 0.333. The van der Waals surface area contributed by atoms with Crippen LogP contribution in [0, 0.1) is 0 Å². The molecule has 0 aromatic rings. The van der Waals surface area contributed by atoms with E-state index in [2.05, 4.69) is 6.58 Å². The van der Waals surface area contributed by atoms with Crippen molar-refractivity contribution in [2.24, 2.45) is 5.73 Å². The van der Waals surface area contributed by atoms with E-state index in [0.29, 0.717) is 6.54 Å². The van der Waals surface area contributed by atoms with E-state index in [1.807, 2.05) is 13.0 Å². The summed E-state index contributed by atoms with van der Waals surface area (Å²) in [5, 5.41) is 0. The molecule has 0 heterocycles. The van der Waals surface area contributed by atoms with Crippen LogP contribution in [0.5, 0.6) is 0 Å². The Morgan fingerprint density at radius 3 is 2.62 bits per heavy atom. The van der Waals surface area contributed by atoms with Crippen molar-refractivity contribution < 1.29 is 4.74 Å². The molecule has 2 heteroatoms. The second-order valence-electron chi connectivity index (χ2n) is 1.24. The molecule has 0 aliphatic heterocycles. The summed E-state index contributed by atoms with van der Waals surface area (Å²) in [5.74, 6) is 0.750. The molecule has 2 N–H and O–H groups in total. The topological polar surface area (TPSA) is 35.2 Å². The van der Waals surface area contributed by atoms with Crippen molar-refractivity contribution >= 4 is 0 Å². The third kappa shape index (κ3) is 2.42. The molecule has 0 amide bonds. The molecule has 2 nitrogen and oxygen atoms in total. The number of nitrogens with two attached hydrogens (primary N) is 1. The monoisotopic (exact) mass is 113 g/mol. The summed E-state index contributed by atoms with van der Waals surface area (Å²) in [6, 6.07) is 0. The van der Waals surface area contributed by atoms with Crippen LogP contribution < -0.4 is 5.73 Å². The molecule has 0 rings (SSSR count). The molecule has 0 aromatic heterocycles. The Morgan fingerprint density at radius 2 is 2.50 bits per heavy atom. The van der Waals surface area contributed by atoms with Gasteiger partial charge in [-0.2, -0.15) is 0 Å². The zero-order chi connectivity index (χ0) is 6.41. The fourth-order valence-electron chi connectivity index (χ4n) is 0.341. The van der Waals surface area contributed by atoms with Crippen LogP contribution in [0.25, 0.3) is 0 Å². The molecule has 0 fully saturated rings. The summed E-state index contributed by atoms with van der Waals surface area (Å²) in [5.41, 5.74) is 5.23. The molecule has 0 spiro atoms.